The zero-order chi connectivity index (χ0) is 13.7. The molecule has 2 amide bonds. The molecule has 1 unspecified atom stereocenters. The fourth-order valence-corrected chi connectivity index (χ4v) is 1.28. The molecule has 98 valence electrons. The van der Waals surface area contributed by atoms with Crippen molar-refractivity contribution in [3.05, 3.63) is 30.1 Å². The molecule has 5 nitrogen and oxygen atoms in total. The van der Waals surface area contributed by atoms with Crippen LogP contribution < -0.4 is 10.2 Å². The molecule has 0 aliphatic heterocycles. The van der Waals surface area contributed by atoms with Gasteiger partial charge in [-0.15, -0.1) is 0 Å². The molecule has 0 aromatic heterocycles. The van der Waals surface area contributed by atoms with Gasteiger partial charge in [0.15, 0.2) is 0 Å². The van der Waals surface area contributed by atoms with Crippen molar-refractivity contribution < 1.29 is 19.1 Å². The molecule has 0 radical (unpaired) electrons. The molecule has 1 rings (SSSR count). The van der Waals surface area contributed by atoms with Gasteiger partial charge in [-0.1, -0.05) is 19.1 Å². The van der Waals surface area contributed by atoms with E-state index in [0.29, 0.717) is 0 Å². The zero-order valence-corrected chi connectivity index (χ0v) is 10.2. The summed E-state index contributed by atoms with van der Waals surface area (Å²) in [4.78, 5) is 23.4. The lowest BCUT2D eigenvalue weighted by Gasteiger charge is -2.19. The topological polar surface area (TPSA) is 69.6 Å². The zero-order valence-electron chi connectivity index (χ0n) is 10.2. The van der Waals surface area contributed by atoms with Gasteiger partial charge < -0.3 is 10.4 Å². The first-order valence-corrected chi connectivity index (χ1v) is 5.42. The first-order chi connectivity index (χ1) is 8.43. The van der Waals surface area contributed by atoms with Crippen LogP contribution >= 0.6 is 0 Å². The number of halogens is 1. The number of para-hydroxylation sites is 1. The highest BCUT2D eigenvalue weighted by Gasteiger charge is 2.16. The van der Waals surface area contributed by atoms with Gasteiger partial charge in [-0.3, -0.25) is 9.69 Å². The maximum absolute atomic E-state index is 13.4. The lowest BCUT2D eigenvalue weighted by Crippen LogP contribution is -2.40. The average molecular weight is 254 g/mol. The van der Waals surface area contributed by atoms with E-state index in [1.807, 2.05) is 0 Å². The monoisotopic (exact) mass is 254 g/mol. The molecule has 1 aromatic carbocycles. The first-order valence-electron chi connectivity index (χ1n) is 5.42. The minimum absolute atomic E-state index is 0.00698. The van der Waals surface area contributed by atoms with Gasteiger partial charge in [0.2, 0.25) is 0 Å². The van der Waals surface area contributed by atoms with Gasteiger partial charge in [0.25, 0.3) is 0 Å². The molecule has 1 atom stereocenters. The van der Waals surface area contributed by atoms with Crippen LogP contribution in [0.4, 0.5) is 14.9 Å². The number of hydrogen-bond donors (Lipinski definition) is 2. The minimum Gasteiger partial charge on any atom is -0.481 e. The molecule has 0 aliphatic rings. The number of hydrogen-bond acceptors (Lipinski definition) is 2. The van der Waals surface area contributed by atoms with E-state index < -0.39 is 23.7 Å². The number of nitrogens with zero attached hydrogens (tertiary/aromatic N) is 1. The third kappa shape index (κ3) is 3.44. The van der Waals surface area contributed by atoms with Crippen LogP contribution in [0.2, 0.25) is 0 Å². The van der Waals surface area contributed by atoms with Gasteiger partial charge in [-0.2, -0.15) is 0 Å². The number of carboxylic acids is 1. The van der Waals surface area contributed by atoms with E-state index in [0.717, 1.165) is 4.90 Å². The Labute approximate surface area is 104 Å². The fourth-order valence-electron chi connectivity index (χ4n) is 1.28. The van der Waals surface area contributed by atoms with E-state index in [-0.39, 0.29) is 12.2 Å². The fraction of sp³-hybridized carbons (Fsp3) is 0.333. The Morgan fingerprint density at radius 3 is 2.61 bits per heavy atom. The summed E-state index contributed by atoms with van der Waals surface area (Å²) in [5, 5.41) is 11.1. The molecule has 0 heterocycles. The van der Waals surface area contributed by atoms with Crippen molar-refractivity contribution in [1.29, 1.82) is 0 Å². The molecule has 0 saturated heterocycles. The van der Waals surface area contributed by atoms with Crippen LogP contribution in [0.1, 0.15) is 6.92 Å². The van der Waals surface area contributed by atoms with Gasteiger partial charge in [-0.25, -0.2) is 9.18 Å². The van der Waals surface area contributed by atoms with E-state index in [1.54, 1.807) is 6.07 Å². The molecule has 18 heavy (non-hydrogen) atoms. The summed E-state index contributed by atoms with van der Waals surface area (Å²) >= 11 is 0. The van der Waals surface area contributed by atoms with Crippen LogP contribution in [0, 0.1) is 11.7 Å². The van der Waals surface area contributed by atoms with Crippen molar-refractivity contribution in [3.8, 4) is 0 Å². The molecule has 0 saturated carbocycles. The van der Waals surface area contributed by atoms with E-state index in [9.17, 15) is 14.0 Å². The Bertz CT molecular complexity index is 451. The largest absolute Gasteiger partial charge is 0.481 e. The lowest BCUT2D eigenvalue weighted by atomic mass is 10.2. The Morgan fingerprint density at radius 1 is 1.44 bits per heavy atom. The van der Waals surface area contributed by atoms with Crippen molar-refractivity contribution in [3.63, 3.8) is 0 Å². The highest BCUT2D eigenvalue weighted by Crippen LogP contribution is 2.16. The number of carbonyl (C=O) groups excluding carboxylic acids is 1. The summed E-state index contributed by atoms with van der Waals surface area (Å²) in [5.74, 6) is -2.20. The SMILES string of the molecule is CC(CNC(=O)N(C)c1ccccc1F)C(=O)O. The summed E-state index contributed by atoms with van der Waals surface area (Å²) in [7, 11) is 1.42. The normalized spacial score (nSPS) is 11.7. The molecular weight excluding hydrogens is 239 g/mol. The molecule has 0 bridgehead atoms. The molecule has 6 heteroatoms. The second-order valence-corrected chi connectivity index (χ2v) is 3.94. The molecule has 0 spiro atoms. The smallest absolute Gasteiger partial charge is 0.321 e. The van der Waals surface area contributed by atoms with Crippen LogP contribution in [0.5, 0.6) is 0 Å². The summed E-state index contributed by atoms with van der Waals surface area (Å²) in [5.41, 5.74) is 0.137. The lowest BCUT2D eigenvalue weighted by molar-refractivity contribution is -0.140. The van der Waals surface area contributed by atoms with Crippen molar-refractivity contribution in [2.75, 3.05) is 18.5 Å². The Hall–Kier alpha value is -2.11. The second kappa shape index (κ2) is 6.00. The average Bonchev–Trinajstić information content (AvgIpc) is 2.35. The Kier molecular flexibility index (Phi) is 4.65. The van der Waals surface area contributed by atoms with E-state index in [2.05, 4.69) is 5.32 Å². The van der Waals surface area contributed by atoms with E-state index >= 15 is 0 Å². The summed E-state index contributed by atoms with van der Waals surface area (Å²) in [6.45, 7) is 1.47. The maximum Gasteiger partial charge on any atom is 0.321 e. The van der Waals surface area contributed by atoms with Crippen LogP contribution in [0.15, 0.2) is 24.3 Å². The van der Waals surface area contributed by atoms with Crippen LogP contribution in [-0.2, 0) is 4.79 Å². The standard InChI is InChI=1S/C12H15FN2O3/c1-8(11(16)17)7-14-12(18)15(2)10-6-4-3-5-9(10)13/h3-6,8H,7H2,1-2H3,(H,14,18)(H,16,17). The number of anilines is 1. The van der Waals surface area contributed by atoms with Gasteiger partial charge in [0.05, 0.1) is 11.6 Å². The molecule has 2 N–H and O–H groups in total. The highest BCUT2D eigenvalue weighted by molar-refractivity contribution is 5.91. The number of aliphatic carboxylic acids is 1. The summed E-state index contributed by atoms with van der Waals surface area (Å²) in [6, 6.07) is 5.31. The Morgan fingerprint density at radius 2 is 2.06 bits per heavy atom. The quantitative estimate of drug-likeness (QED) is 0.859. The van der Waals surface area contributed by atoms with Gasteiger partial charge in [0.1, 0.15) is 5.82 Å². The van der Waals surface area contributed by atoms with Crippen LogP contribution in [-0.4, -0.2) is 30.7 Å². The van der Waals surface area contributed by atoms with E-state index in [1.165, 1.54) is 32.2 Å². The van der Waals surface area contributed by atoms with Crippen molar-refractivity contribution in [1.82, 2.24) is 5.32 Å². The number of nitrogens with one attached hydrogen (secondary N) is 1. The number of carbonyl (C=O) groups is 2. The van der Waals surface area contributed by atoms with Crippen molar-refractivity contribution >= 4 is 17.7 Å². The first kappa shape index (κ1) is 14.0. The van der Waals surface area contributed by atoms with Gasteiger partial charge >= 0.3 is 12.0 Å². The second-order valence-electron chi connectivity index (χ2n) is 3.94. The van der Waals surface area contributed by atoms with E-state index in [4.69, 9.17) is 5.11 Å². The minimum atomic E-state index is -0.996. The predicted molar refractivity (Wildman–Crippen MR) is 65.0 cm³/mol. The highest BCUT2D eigenvalue weighted by atomic mass is 19.1. The number of rotatable bonds is 4. The van der Waals surface area contributed by atoms with Gasteiger partial charge in [0, 0.05) is 13.6 Å². The van der Waals surface area contributed by atoms with Crippen molar-refractivity contribution in [2.45, 2.75) is 6.92 Å². The van der Waals surface area contributed by atoms with Crippen molar-refractivity contribution in [2.24, 2.45) is 5.92 Å². The number of benzene rings is 1. The summed E-state index contributed by atoms with van der Waals surface area (Å²) < 4.78 is 13.4. The number of amides is 2. The summed E-state index contributed by atoms with van der Waals surface area (Å²) in [6.07, 6.45) is 0. The molecular formula is C12H15FN2O3. The number of carboxylic acid groups (broad SMARTS) is 1. The van der Waals surface area contributed by atoms with Crippen LogP contribution in [0.3, 0.4) is 0 Å². The maximum atomic E-state index is 13.4. The third-order valence-electron chi connectivity index (χ3n) is 2.50. The molecule has 0 aliphatic carbocycles. The Balaban J connectivity index is 2.63. The number of urea groups is 1. The molecule has 1 aromatic rings. The van der Waals surface area contributed by atoms with Gasteiger partial charge in [-0.05, 0) is 12.1 Å². The van der Waals surface area contributed by atoms with Crippen LogP contribution in [0.25, 0.3) is 0 Å². The predicted octanol–water partition coefficient (Wildman–Crippen LogP) is 1.69. The molecule has 0 fully saturated rings. The third-order valence-corrected chi connectivity index (χ3v) is 2.50.